The van der Waals surface area contributed by atoms with Crippen LogP contribution in [0.5, 0.6) is 17.2 Å². The Kier molecular flexibility index (Phi) is 11.1. The number of carbonyl (C=O) groups excluding carboxylic acids is 2. The Morgan fingerprint density at radius 2 is 1.72 bits per heavy atom. The van der Waals surface area contributed by atoms with Crippen molar-refractivity contribution in [3.05, 3.63) is 48.0 Å². The van der Waals surface area contributed by atoms with Crippen molar-refractivity contribution < 1.29 is 51.5 Å². The van der Waals surface area contributed by atoms with Crippen LogP contribution < -0.4 is 24.8 Å². The van der Waals surface area contributed by atoms with Crippen molar-refractivity contribution in [1.82, 2.24) is 14.9 Å². The summed E-state index contributed by atoms with van der Waals surface area (Å²) in [7, 11) is -4.09. The molecule has 3 aliphatic heterocycles. The molecule has 14 nitrogen and oxygen atoms in total. The number of ether oxygens (including phenoxy) is 6. The number of aliphatic hydroxyl groups is 1. The molecule has 2 amide bonds. The minimum atomic E-state index is -4.09. The number of alkyl carbamates (subject to hydrolysis) is 1. The molecule has 3 N–H and O–H groups in total. The fourth-order valence-corrected chi connectivity index (χ4v) is 7.31. The van der Waals surface area contributed by atoms with Crippen molar-refractivity contribution in [1.29, 1.82) is 0 Å². The van der Waals surface area contributed by atoms with Crippen molar-refractivity contribution in [3.8, 4) is 17.2 Å². The first-order chi connectivity index (χ1) is 22.4. The van der Waals surface area contributed by atoms with Crippen molar-refractivity contribution in [2.24, 2.45) is 11.8 Å². The van der Waals surface area contributed by atoms with E-state index in [1.54, 1.807) is 24.3 Å². The first-order valence-electron chi connectivity index (χ1n) is 15.7. The highest BCUT2D eigenvalue weighted by Crippen LogP contribution is 2.35. The number of carbonyl (C=O) groups is 2. The number of benzene rings is 2. The van der Waals surface area contributed by atoms with Gasteiger partial charge in [0.25, 0.3) is 0 Å². The lowest BCUT2D eigenvalue weighted by atomic mass is 10.0. The molecule has 2 aromatic carbocycles. The predicted molar refractivity (Wildman–Crippen MR) is 168 cm³/mol. The van der Waals surface area contributed by atoms with Crippen LogP contribution in [-0.4, -0.2) is 93.7 Å². The van der Waals surface area contributed by atoms with Crippen LogP contribution in [0.15, 0.2) is 47.4 Å². The lowest BCUT2D eigenvalue weighted by molar-refractivity contribution is -0.0907. The highest BCUT2D eigenvalue weighted by molar-refractivity contribution is 7.89. The molecule has 0 spiro atoms. The molecule has 3 aliphatic rings. The number of sulfonamides is 1. The first kappa shape index (κ1) is 34.7. The molecule has 0 unspecified atom stereocenters. The third-order valence-electron chi connectivity index (χ3n) is 7.95. The van der Waals surface area contributed by atoms with Crippen LogP contribution in [0.3, 0.4) is 0 Å². The van der Waals surface area contributed by atoms with Crippen LogP contribution >= 0.6 is 0 Å². The summed E-state index contributed by atoms with van der Waals surface area (Å²) in [5.74, 6) is 0.911. The van der Waals surface area contributed by atoms with Crippen LogP contribution in [0, 0.1) is 11.8 Å². The van der Waals surface area contributed by atoms with E-state index in [0.717, 1.165) is 0 Å². The number of fused-ring (bicyclic) bond motifs is 2. The second kappa shape index (κ2) is 15.1. The zero-order valence-electron chi connectivity index (χ0n) is 26.9. The number of aliphatic hydroxyl groups excluding tert-OH is 1. The van der Waals surface area contributed by atoms with Gasteiger partial charge < -0.3 is 44.2 Å². The van der Waals surface area contributed by atoms with Gasteiger partial charge in [0.05, 0.1) is 36.2 Å². The zero-order chi connectivity index (χ0) is 33.7. The number of amides is 2. The Morgan fingerprint density at radius 1 is 0.979 bits per heavy atom. The molecule has 0 bridgehead atoms. The number of rotatable bonds is 13. The molecule has 2 saturated heterocycles. The van der Waals surface area contributed by atoms with E-state index in [-0.39, 0.29) is 55.7 Å². The summed E-state index contributed by atoms with van der Waals surface area (Å²) in [4.78, 5) is 25.2. The third-order valence-corrected chi connectivity index (χ3v) is 9.78. The van der Waals surface area contributed by atoms with Gasteiger partial charge in [0.2, 0.25) is 16.8 Å². The standard InChI is InChI=1S/C32H43N3O11S/c1-19(2)15-35(47(39,40)23-9-10-27-28(14-23)44-18-43-27)16-26(36)25(34-32(38)46-29-17-42-30-24(29)11-12-41-30)13-21-5-7-22(8-6-21)45-31(37)33-20(3)4/h5-10,14,19-20,24-26,29-30,36H,11-13,15-18H2,1-4H3,(H,33,37)(H,34,38)/t24-,25-,26-,29-,30+/m0/s1. The topological polar surface area (TPSA) is 171 Å². The van der Waals surface area contributed by atoms with Gasteiger partial charge in [0.15, 0.2) is 17.8 Å². The summed E-state index contributed by atoms with van der Waals surface area (Å²) in [5, 5.41) is 17.0. The van der Waals surface area contributed by atoms with E-state index in [1.165, 1.54) is 22.5 Å². The van der Waals surface area contributed by atoms with E-state index < -0.39 is 46.7 Å². The maximum absolute atomic E-state index is 13.9. The van der Waals surface area contributed by atoms with Crippen LogP contribution in [0.2, 0.25) is 0 Å². The molecule has 15 heteroatoms. The van der Waals surface area contributed by atoms with Crippen LogP contribution in [0.4, 0.5) is 9.59 Å². The van der Waals surface area contributed by atoms with Gasteiger partial charge in [0.1, 0.15) is 11.9 Å². The molecule has 3 heterocycles. The molecule has 258 valence electrons. The van der Waals surface area contributed by atoms with Gasteiger partial charge in [-0.2, -0.15) is 4.31 Å². The van der Waals surface area contributed by atoms with E-state index in [4.69, 9.17) is 28.4 Å². The number of hydrogen-bond donors (Lipinski definition) is 3. The summed E-state index contributed by atoms with van der Waals surface area (Å²) in [6.45, 7) is 7.87. The molecule has 2 aromatic rings. The Hall–Kier alpha value is -3.63. The maximum atomic E-state index is 13.9. The van der Waals surface area contributed by atoms with Gasteiger partial charge >= 0.3 is 12.2 Å². The molecular formula is C32H43N3O11S. The van der Waals surface area contributed by atoms with Gasteiger partial charge in [-0.1, -0.05) is 26.0 Å². The third kappa shape index (κ3) is 8.84. The molecule has 5 rings (SSSR count). The van der Waals surface area contributed by atoms with E-state index in [0.29, 0.717) is 35.8 Å². The second-order valence-corrected chi connectivity index (χ2v) is 14.5. The normalized spacial score (nSPS) is 21.5. The Balaban J connectivity index is 1.33. The van der Waals surface area contributed by atoms with Gasteiger partial charge in [-0.05, 0) is 62.4 Å². The molecule has 0 aliphatic carbocycles. The van der Waals surface area contributed by atoms with Gasteiger partial charge in [0, 0.05) is 25.2 Å². The van der Waals surface area contributed by atoms with Crippen molar-refractivity contribution in [2.45, 2.75) is 76.0 Å². The molecule has 2 fully saturated rings. The fourth-order valence-electron chi connectivity index (χ4n) is 5.67. The highest BCUT2D eigenvalue weighted by atomic mass is 32.2. The average Bonchev–Trinajstić information content (AvgIpc) is 3.75. The van der Waals surface area contributed by atoms with E-state index in [2.05, 4.69) is 10.6 Å². The molecule has 5 atom stereocenters. The molecule has 0 radical (unpaired) electrons. The summed E-state index contributed by atoms with van der Waals surface area (Å²) in [6.07, 6.45) is -2.83. The summed E-state index contributed by atoms with van der Waals surface area (Å²) in [5.41, 5.74) is 0.688. The van der Waals surface area contributed by atoms with Gasteiger partial charge in [-0.3, -0.25) is 0 Å². The highest BCUT2D eigenvalue weighted by Gasteiger charge is 2.44. The second-order valence-electron chi connectivity index (χ2n) is 12.6. The largest absolute Gasteiger partial charge is 0.454 e. The van der Waals surface area contributed by atoms with Crippen molar-refractivity contribution >= 4 is 22.2 Å². The van der Waals surface area contributed by atoms with Crippen LogP contribution in [0.25, 0.3) is 0 Å². The Bertz CT molecular complexity index is 1500. The zero-order valence-corrected chi connectivity index (χ0v) is 27.7. The predicted octanol–water partition coefficient (Wildman–Crippen LogP) is 3.02. The number of nitrogens with one attached hydrogen (secondary N) is 2. The SMILES string of the molecule is CC(C)CN(C[C@H](O)[C@H](Cc1ccc(OC(=O)NC(C)C)cc1)NC(=O)O[C@H]1CO[C@H]2OCC[C@H]21)S(=O)(=O)c1ccc2c(c1)OCO2. The van der Waals surface area contributed by atoms with Gasteiger partial charge in [-0.25, -0.2) is 18.0 Å². The van der Waals surface area contributed by atoms with E-state index >= 15 is 0 Å². The molecule has 0 aromatic heterocycles. The van der Waals surface area contributed by atoms with Gasteiger partial charge in [-0.15, -0.1) is 0 Å². The van der Waals surface area contributed by atoms with E-state index in [1.807, 2.05) is 27.7 Å². The average molecular weight is 678 g/mol. The fraction of sp³-hybridized carbons (Fsp3) is 0.562. The quantitative estimate of drug-likeness (QED) is 0.285. The number of nitrogens with zero attached hydrogens (tertiary/aromatic N) is 1. The summed E-state index contributed by atoms with van der Waals surface area (Å²) in [6, 6.07) is 9.91. The van der Waals surface area contributed by atoms with Crippen molar-refractivity contribution in [3.63, 3.8) is 0 Å². The van der Waals surface area contributed by atoms with Crippen LogP contribution in [-0.2, 0) is 30.7 Å². The number of hydrogen-bond acceptors (Lipinski definition) is 11. The minimum Gasteiger partial charge on any atom is -0.454 e. The van der Waals surface area contributed by atoms with Crippen molar-refractivity contribution in [2.75, 3.05) is 33.1 Å². The Labute approximate surface area is 274 Å². The maximum Gasteiger partial charge on any atom is 0.412 e. The molecule has 0 saturated carbocycles. The van der Waals surface area contributed by atoms with Crippen LogP contribution in [0.1, 0.15) is 39.7 Å². The molecule has 47 heavy (non-hydrogen) atoms. The molecular weight excluding hydrogens is 634 g/mol. The first-order valence-corrected chi connectivity index (χ1v) is 17.2. The summed E-state index contributed by atoms with van der Waals surface area (Å²) >= 11 is 0. The van der Waals surface area contributed by atoms with E-state index in [9.17, 15) is 23.1 Å². The smallest absolute Gasteiger partial charge is 0.412 e. The minimum absolute atomic E-state index is 0.00361. The monoisotopic (exact) mass is 677 g/mol. The summed E-state index contributed by atoms with van der Waals surface area (Å²) < 4.78 is 61.8. The lowest BCUT2D eigenvalue weighted by Crippen LogP contribution is -2.51. The lowest BCUT2D eigenvalue weighted by Gasteiger charge is -2.31. The Morgan fingerprint density at radius 3 is 2.45 bits per heavy atom.